The Bertz CT molecular complexity index is 557. The van der Waals surface area contributed by atoms with Crippen molar-refractivity contribution < 1.29 is 9.53 Å². The highest BCUT2D eigenvalue weighted by Crippen LogP contribution is 2.13. The quantitative estimate of drug-likeness (QED) is 0.920. The lowest BCUT2D eigenvalue weighted by Crippen LogP contribution is -2.33. The molecular formula is C15H17N3O2. The molecule has 104 valence electrons. The fourth-order valence-electron chi connectivity index (χ4n) is 2.29. The zero-order valence-electron chi connectivity index (χ0n) is 11.2. The summed E-state index contributed by atoms with van der Waals surface area (Å²) in [6.45, 7) is 1.22. The second-order valence-corrected chi connectivity index (χ2v) is 4.86. The minimum Gasteiger partial charge on any atom is -0.368 e. The van der Waals surface area contributed by atoms with Gasteiger partial charge in [-0.3, -0.25) is 4.79 Å². The summed E-state index contributed by atoms with van der Waals surface area (Å²) in [5, 5.41) is 2.91. The van der Waals surface area contributed by atoms with E-state index in [1.165, 1.54) is 0 Å². The van der Waals surface area contributed by atoms with Crippen LogP contribution in [0.15, 0.2) is 43.0 Å². The molecule has 1 aliphatic rings. The standard InChI is InChI=1S/C15H17N3O2/c19-15(14-2-1-9-20-14)17-10-12-3-5-13(6-4-12)18-8-7-16-11-18/h3-8,11,14H,1-2,9-10H2,(H,17,19)/t14-/m0/s1. The zero-order chi connectivity index (χ0) is 13.8. The molecule has 1 atom stereocenters. The van der Waals surface area contributed by atoms with Crippen LogP contribution in [-0.4, -0.2) is 28.2 Å². The summed E-state index contributed by atoms with van der Waals surface area (Å²) in [6, 6.07) is 8.03. The lowest BCUT2D eigenvalue weighted by atomic mass is 10.2. The topological polar surface area (TPSA) is 56.2 Å². The summed E-state index contributed by atoms with van der Waals surface area (Å²) in [5.74, 6) is -0.0128. The molecule has 0 bridgehead atoms. The van der Waals surface area contributed by atoms with Gasteiger partial charge in [0.25, 0.3) is 0 Å². The van der Waals surface area contributed by atoms with Crippen LogP contribution in [0.25, 0.3) is 5.69 Å². The van der Waals surface area contributed by atoms with Crippen LogP contribution in [0, 0.1) is 0 Å². The van der Waals surface area contributed by atoms with E-state index in [1.807, 2.05) is 35.0 Å². The molecule has 0 aliphatic carbocycles. The second-order valence-electron chi connectivity index (χ2n) is 4.86. The van der Waals surface area contributed by atoms with E-state index >= 15 is 0 Å². The van der Waals surface area contributed by atoms with E-state index < -0.39 is 0 Å². The van der Waals surface area contributed by atoms with E-state index in [0.29, 0.717) is 13.2 Å². The number of ether oxygens (including phenoxy) is 1. The van der Waals surface area contributed by atoms with Gasteiger partial charge in [0, 0.05) is 31.2 Å². The van der Waals surface area contributed by atoms with Crippen molar-refractivity contribution in [2.75, 3.05) is 6.61 Å². The monoisotopic (exact) mass is 271 g/mol. The first-order valence-electron chi connectivity index (χ1n) is 6.79. The fraction of sp³-hybridized carbons (Fsp3) is 0.333. The number of aromatic nitrogens is 2. The highest BCUT2D eigenvalue weighted by molar-refractivity contribution is 5.80. The predicted octanol–water partition coefficient (Wildman–Crippen LogP) is 1.67. The summed E-state index contributed by atoms with van der Waals surface area (Å²) in [6.07, 6.45) is 6.93. The van der Waals surface area contributed by atoms with Crippen molar-refractivity contribution in [2.45, 2.75) is 25.5 Å². The molecule has 0 saturated carbocycles. The van der Waals surface area contributed by atoms with Gasteiger partial charge in [0.15, 0.2) is 0 Å². The molecule has 0 radical (unpaired) electrons. The smallest absolute Gasteiger partial charge is 0.249 e. The summed E-state index contributed by atoms with van der Waals surface area (Å²) >= 11 is 0. The minimum atomic E-state index is -0.264. The van der Waals surface area contributed by atoms with Crippen LogP contribution in [0.5, 0.6) is 0 Å². The number of carbonyl (C=O) groups excluding carboxylic acids is 1. The van der Waals surface area contributed by atoms with Gasteiger partial charge < -0.3 is 14.6 Å². The molecule has 1 saturated heterocycles. The molecule has 5 nitrogen and oxygen atoms in total. The molecule has 0 spiro atoms. The predicted molar refractivity (Wildman–Crippen MR) is 74.4 cm³/mol. The number of rotatable bonds is 4. The highest BCUT2D eigenvalue weighted by atomic mass is 16.5. The van der Waals surface area contributed by atoms with E-state index in [2.05, 4.69) is 10.3 Å². The van der Waals surface area contributed by atoms with Gasteiger partial charge in [-0.25, -0.2) is 4.98 Å². The van der Waals surface area contributed by atoms with Crippen LogP contribution in [0.1, 0.15) is 18.4 Å². The summed E-state index contributed by atoms with van der Waals surface area (Å²) < 4.78 is 7.29. The van der Waals surface area contributed by atoms with Gasteiger partial charge in [-0.05, 0) is 30.5 Å². The van der Waals surface area contributed by atoms with Crippen molar-refractivity contribution in [2.24, 2.45) is 0 Å². The van der Waals surface area contributed by atoms with E-state index in [-0.39, 0.29) is 12.0 Å². The van der Waals surface area contributed by atoms with Gasteiger partial charge in [0.2, 0.25) is 5.91 Å². The normalized spacial score (nSPS) is 18.1. The van der Waals surface area contributed by atoms with Crippen molar-refractivity contribution in [1.29, 1.82) is 0 Å². The first kappa shape index (κ1) is 12.9. The minimum absolute atomic E-state index is 0.0128. The van der Waals surface area contributed by atoms with Crippen LogP contribution in [-0.2, 0) is 16.1 Å². The SMILES string of the molecule is O=C(NCc1ccc(-n2ccnc2)cc1)[C@@H]1CCCO1. The first-order chi connectivity index (χ1) is 9.83. The Morgan fingerprint density at radius 1 is 1.40 bits per heavy atom. The lowest BCUT2D eigenvalue weighted by molar-refractivity contribution is -0.130. The number of hydrogen-bond acceptors (Lipinski definition) is 3. The summed E-state index contributed by atoms with van der Waals surface area (Å²) in [4.78, 5) is 15.8. The van der Waals surface area contributed by atoms with Gasteiger partial charge in [0.1, 0.15) is 6.10 Å². The van der Waals surface area contributed by atoms with E-state index in [1.54, 1.807) is 12.5 Å². The number of amides is 1. The third kappa shape index (κ3) is 2.88. The maximum absolute atomic E-state index is 11.8. The van der Waals surface area contributed by atoms with Crippen molar-refractivity contribution in [3.63, 3.8) is 0 Å². The van der Waals surface area contributed by atoms with Crippen LogP contribution >= 0.6 is 0 Å². The number of nitrogens with zero attached hydrogens (tertiary/aromatic N) is 2. The van der Waals surface area contributed by atoms with Crippen LogP contribution in [0.2, 0.25) is 0 Å². The molecule has 1 aromatic carbocycles. The average molecular weight is 271 g/mol. The molecule has 2 heterocycles. The summed E-state index contributed by atoms with van der Waals surface area (Å²) in [5.41, 5.74) is 2.12. The number of benzene rings is 1. The number of carbonyl (C=O) groups is 1. The summed E-state index contributed by atoms with van der Waals surface area (Å²) in [7, 11) is 0. The Kier molecular flexibility index (Phi) is 3.78. The number of hydrogen-bond donors (Lipinski definition) is 1. The Morgan fingerprint density at radius 2 is 2.25 bits per heavy atom. The van der Waals surface area contributed by atoms with Crippen LogP contribution in [0.3, 0.4) is 0 Å². The van der Waals surface area contributed by atoms with E-state index in [0.717, 1.165) is 24.1 Å². The van der Waals surface area contributed by atoms with Crippen LogP contribution in [0.4, 0.5) is 0 Å². The third-order valence-electron chi connectivity index (χ3n) is 3.43. The maximum atomic E-state index is 11.8. The third-order valence-corrected chi connectivity index (χ3v) is 3.43. The molecule has 1 aliphatic heterocycles. The average Bonchev–Trinajstić information content (AvgIpc) is 3.18. The highest BCUT2D eigenvalue weighted by Gasteiger charge is 2.22. The molecule has 20 heavy (non-hydrogen) atoms. The van der Waals surface area contributed by atoms with Gasteiger partial charge >= 0.3 is 0 Å². The fourth-order valence-corrected chi connectivity index (χ4v) is 2.29. The second kappa shape index (κ2) is 5.88. The Labute approximate surface area is 117 Å². The van der Waals surface area contributed by atoms with Crippen LogP contribution < -0.4 is 5.32 Å². The number of nitrogens with one attached hydrogen (secondary N) is 1. The molecule has 1 amide bonds. The van der Waals surface area contributed by atoms with Gasteiger partial charge in [-0.2, -0.15) is 0 Å². The molecule has 1 fully saturated rings. The van der Waals surface area contributed by atoms with Gasteiger partial charge in [0.05, 0.1) is 6.33 Å². The first-order valence-corrected chi connectivity index (χ1v) is 6.79. The molecule has 0 unspecified atom stereocenters. The van der Waals surface area contributed by atoms with Crippen molar-refractivity contribution in [3.8, 4) is 5.69 Å². The molecule has 1 aromatic heterocycles. The molecule has 2 aromatic rings. The lowest BCUT2D eigenvalue weighted by Gasteiger charge is -2.10. The Balaban J connectivity index is 1.57. The molecule has 1 N–H and O–H groups in total. The Hall–Kier alpha value is -2.14. The molecular weight excluding hydrogens is 254 g/mol. The van der Waals surface area contributed by atoms with Gasteiger partial charge in [-0.15, -0.1) is 0 Å². The maximum Gasteiger partial charge on any atom is 0.249 e. The van der Waals surface area contributed by atoms with Crippen molar-refractivity contribution in [1.82, 2.24) is 14.9 Å². The zero-order valence-corrected chi connectivity index (χ0v) is 11.2. The van der Waals surface area contributed by atoms with Gasteiger partial charge in [-0.1, -0.05) is 12.1 Å². The van der Waals surface area contributed by atoms with E-state index in [9.17, 15) is 4.79 Å². The number of imidazole rings is 1. The molecule has 3 rings (SSSR count). The Morgan fingerprint density at radius 3 is 2.90 bits per heavy atom. The van der Waals surface area contributed by atoms with E-state index in [4.69, 9.17) is 4.74 Å². The van der Waals surface area contributed by atoms with Crippen molar-refractivity contribution >= 4 is 5.91 Å². The van der Waals surface area contributed by atoms with Crippen molar-refractivity contribution in [3.05, 3.63) is 48.5 Å². The largest absolute Gasteiger partial charge is 0.368 e. The molecule has 5 heteroatoms.